The molecule has 4 heteroatoms. The highest BCUT2D eigenvalue weighted by atomic mass is 16.5. The van der Waals surface area contributed by atoms with Crippen LogP contribution in [0.2, 0.25) is 0 Å². The van der Waals surface area contributed by atoms with Crippen LogP contribution in [-0.2, 0) is 4.74 Å². The lowest BCUT2D eigenvalue weighted by atomic mass is 10.4. The Labute approximate surface area is 80.5 Å². The van der Waals surface area contributed by atoms with Gasteiger partial charge in [0.1, 0.15) is 0 Å². The first kappa shape index (κ1) is 12.2. The van der Waals surface area contributed by atoms with Crippen LogP contribution in [0.4, 0.5) is 4.79 Å². The average Bonchev–Trinajstić information content (AvgIpc) is 2.21. The van der Waals surface area contributed by atoms with E-state index in [1.54, 1.807) is 23.9 Å². The fourth-order valence-corrected chi connectivity index (χ4v) is 1.04. The third-order valence-electron chi connectivity index (χ3n) is 1.66. The van der Waals surface area contributed by atoms with Gasteiger partial charge in [-0.15, -0.1) is 0 Å². The molecule has 0 unspecified atom stereocenters. The van der Waals surface area contributed by atoms with Crippen molar-refractivity contribution in [1.29, 1.82) is 0 Å². The molecule has 4 nitrogen and oxygen atoms in total. The van der Waals surface area contributed by atoms with Gasteiger partial charge in [0.25, 0.3) is 0 Å². The summed E-state index contributed by atoms with van der Waals surface area (Å²) in [4.78, 5) is 14.7. The van der Waals surface area contributed by atoms with Crippen LogP contribution in [0.3, 0.4) is 0 Å². The molecule has 0 saturated carbocycles. The highest BCUT2D eigenvalue weighted by Gasteiger charge is 2.17. The van der Waals surface area contributed by atoms with Crippen LogP contribution in [0.5, 0.6) is 0 Å². The standard InChI is InChI=1S/C7H14N2O2.C2H6/c1-8(2)7(10)9-3-5-11-6-4-9;1-2/h3-6H2,1-2H3;1-2H3. The molecular formula is C9H20N2O2. The minimum absolute atomic E-state index is 0.0771. The smallest absolute Gasteiger partial charge is 0.319 e. The molecule has 1 aliphatic rings. The van der Waals surface area contributed by atoms with Crippen LogP contribution < -0.4 is 0 Å². The summed E-state index contributed by atoms with van der Waals surface area (Å²) in [5, 5.41) is 0. The Morgan fingerprint density at radius 2 is 1.69 bits per heavy atom. The molecule has 1 saturated heterocycles. The molecule has 2 amide bonds. The maximum atomic E-state index is 11.3. The van der Waals surface area contributed by atoms with Crippen molar-refractivity contribution in [3.8, 4) is 0 Å². The van der Waals surface area contributed by atoms with Crippen LogP contribution in [0.15, 0.2) is 0 Å². The maximum absolute atomic E-state index is 11.3. The van der Waals surface area contributed by atoms with Crippen LogP contribution >= 0.6 is 0 Å². The predicted molar refractivity (Wildman–Crippen MR) is 52.8 cm³/mol. The van der Waals surface area contributed by atoms with Crippen LogP contribution in [0.1, 0.15) is 13.8 Å². The molecular weight excluding hydrogens is 168 g/mol. The van der Waals surface area contributed by atoms with Gasteiger partial charge in [-0.3, -0.25) is 0 Å². The van der Waals surface area contributed by atoms with E-state index in [1.807, 2.05) is 13.8 Å². The minimum atomic E-state index is 0.0771. The number of morpholine rings is 1. The minimum Gasteiger partial charge on any atom is -0.378 e. The fraction of sp³-hybridized carbons (Fsp3) is 0.889. The summed E-state index contributed by atoms with van der Waals surface area (Å²) in [5.41, 5.74) is 0. The Hall–Kier alpha value is -0.770. The average molecular weight is 188 g/mol. The maximum Gasteiger partial charge on any atom is 0.319 e. The molecule has 0 aromatic heterocycles. The molecule has 0 aromatic rings. The lowest BCUT2D eigenvalue weighted by Crippen LogP contribution is -2.45. The van der Waals surface area contributed by atoms with Gasteiger partial charge in [-0.2, -0.15) is 0 Å². The third kappa shape index (κ3) is 4.12. The molecule has 0 atom stereocenters. The highest BCUT2D eigenvalue weighted by Crippen LogP contribution is 1.99. The zero-order valence-corrected chi connectivity index (χ0v) is 9.04. The number of urea groups is 1. The number of hydrogen-bond donors (Lipinski definition) is 0. The Kier molecular flexibility index (Phi) is 6.32. The van der Waals surface area contributed by atoms with Gasteiger partial charge >= 0.3 is 6.03 Å². The number of amides is 2. The first-order valence-electron chi connectivity index (χ1n) is 4.76. The van der Waals surface area contributed by atoms with Crippen molar-refractivity contribution >= 4 is 6.03 Å². The van der Waals surface area contributed by atoms with Crippen molar-refractivity contribution in [2.24, 2.45) is 0 Å². The second-order valence-electron chi connectivity index (χ2n) is 2.78. The number of nitrogens with zero attached hydrogens (tertiary/aromatic N) is 2. The number of hydrogen-bond acceptors (Lipinski definition) is 2. The highest BCUT2D eigenvalue weighted by molar-refractivity contribution is 5.73. The van der Waals surface area contributed by atoms with Crippen LogP contribution in [0, 0.1) is 0 Å². The van der Waals surface area contributed by atoms with Crippen molar-refractivity contribution < 1.29 is 9.53 Å². The zero-order valence-electron chi connectivity index (χ0n) is 9.04. The third-order valence-corrected chi connectivity index (χ3v) is 1.66. The molecule has 1 heterocycles. The normalized spacial score (nSPS) is 15.8. The molecule has 0 spiro atoms. The molecule has 1 fully saturated rings. The molecule has 0 N–H and O–H groups in total. The van der Waals surface area contributed by atoms with Gasteiger partial charge in [0.05, 0.1) is 13.2 Å². The van der Waals surface area contributed by atoms with Crippen LogP contribution in [0.25, 0.3) is 0 Å². The first-order valence-corrected chi connectivity index (χ1v) is 4.76. The monoisotopic (exact) mass is 188 g/mol. The molecule has 78 valence electrons. The van der Waals surface area contributed by atoms with E-state index in [1.165, 1.54) is 0 Å². The topological polar surface area (TPSA) is 32.8 Å². The largest absolute Gasteiger partial charge is 0.378 e. The van der Waals surface area contributed by atoms with E-state index in [2.05, 4.69) is 0 Å². The summed E-state index contributed by atoms with van der Waals surface area (Å²) in [6, 6.07) is 0.0771. The van der Waals surface area contributed by atoms with Gasteiger partial charge in [-0.25, -0.2) is 4.79 Å². The molecule has 1 aliphatic heterocycles. The Bertz CT molecular complexity index is 143. The van der Waals surface area contributed by atoms with Gasteiger partial charge in [0.2, 0.25) is 0 Å². The van der Waals surface area contributed by atoms with Crippen molar-refractivity contribution in [2.75, 3.05) is 40.4 Å². The fourth-order valence-electron chi connectivity index (χ4n) is 1.04. The van der Waals surface area contributed by atoms with Gasteiger partial charge in [-0.05, 0) is 0 Å². The lowest BCUT2D eigenvalue weighted by molar-refractivity contribution is 0.0470. The van der Waals surface area contributed by atoms with E-state index in [0.717, 1.165) is 13.1 Å². The van der Waals surface area contributed by atoms with Gasteiger partial charge in [0, 0.05) is 27.2 Å². The molecule has 0 radical (unpaired) electrons. The number of rotatable bonds is 0. The number of ether oxygens (including phenoxy) is 1. The number of carbonyl (C=O) groups excluding carboxylic acids is 1. The second kappa shape index (κ2) is 6.71. The van der Waals surface area contributed by atoms with Gasteiger partial charge in [-0.1, -0.05) is 13.8 Å². The quantitative estimate of drug-likeness (QED) is 0.568. The second-order valence-corrected chi connectivity index (χ2v) is 2.78. The zero-order chi connectivity index (χ0) is 10.3. The summed E-state index contributed by atoms with van der Waals surface area (Å²) in [6.07, 6.45) is 0. The Balaban J connectivity index is 0.000000671. The predicted octanol–water partition coefficient (Wildman–Crippen LogP) is 1.03. The van der Waals surface area contributed by atoms with Crippen molar-refractivity contribution in [2.45, 2.75) is 13.8 Å². The van der Waals surface area contributed by atoms with Gasteiger partial charge < -0.3 is 14.5 Å². The molecule has 1 rings (SSSR count). The molecule has 0 aromatic carbocycles. The van der Waals surface area contributed by atoms with E-state index in [-0.39, 0.29) is 6.03 Å². The van der Waals surface area contributed by atoms with E-state index < -0.39 is 0 Å². The van der Waals surface area contributed by atoms with Crippen molar-refractivity contribution in [3.05, 3.63) is 0 Å². The van der Waals surface area contributed by atoms with E-state index >= 15 is 0 Å². The van der Waals surface area contributed by atoms with Crippen molar-refractivity contribution in [3.63, 3.8) is 0 Å². The molecule has 13 heavy (non-hydrogen) atoms. The van der Waals surface area contributed by atoms with E-state index in [9.17, 15) is 4.79 Å². The summed E-state index contributed by atoms with van der Waals surface area (Å²) in [7, 11) is 3.52. The summed E-state index contributed by atoms with van der Waals surface area (Å²) < 4.78 is 5.12. The summed E-state index contributed by atoms with van der Waals surface area (Å²) >= 11 is 0. The van der Waals surface area contributed by atoms with Crippen LogP contribution in [-0.4, -0.2) is 56.2 Å². The van der Waals surface area contributed by atoms with E-state index in [0.29, 0.717) is 13.2 Å². The molecule has 0 aliphatic carbocycles. The first-order chi connectivity index (χ1) is 6.22. The summed E-state index contributed by atoms with van der Waals surface area (Å²) in [5.74, 6) is 0. The van der Waals surface area contributed by atoms with Crippen molar-refractivity contribution in [1.82, 2.24) is 9.80 Å². The number of carbonyl (C=O) groups is 1. The SMILES string of the molecule is CC.CN(C)C(=O)N1CCOCC1. The van der Waals surface area contributed by atoms with E-state index in [4.69, 9.17) is 4.74 Å². The lowest BCUT2D eigenvalue weighted by Gasteiger charge is -2.29. The molecule has 0 bridgehead atoms. The van der Waals surface area contributed by atoms with Gasteiger partial charge in [0.15, 0.2) is 0 Å². The Morgan fingerprint density at radius 3 is 2.08 bits per heavy atom. The summed E-state index contributed by atoms with van der Waals surface area (Å²) in [6.45, 7) is 6.77. The Morgan fingerprint density at radius 1 is 1.23 bits per heavy atom.